The highest BCUT2D eigenvalue weighted by atomic mass is 32.2. The van der Waals surface area contributed by atoms with Gasteiger partial charge in [-0.15, -0.1) is 0 Å². The van der Waals surface area contributed by atoms with Gasteiger partial charge >= 0.3 is 0 Å². The van der Waals surface area contributed by atoms with Crippen LogP contribution < -0.4 is 5.32 Å². The second kappa shape index (κ2) is 5.76. The quantitative estimate of drug-likeness (QED) is 0.774. The average molecular weight is 296 g/mol. The number of amides is 1. The fourth-order valence-corrected chi connectivity index (χ4v) is 2.32. The predicted octanol–water partition coefficient (Wildman–Crippen LogP) is 0.0899. The highest BCUT2D eigenvalue weighted by Crippen LogP contribution is 2.17. The SMILES string of the molecule is CSc1nsc(NC(=O)CN(C)S(C)(=O)=O)n1. The minimum atomic E-state index is -3.35. The summed E-state index contributed by atoms with van der Waals surface area (Å²) in [5, 5.41) is 3.42. The fraction of sp³-hybridized carbons (Fsp3) is 0.571. The molecular formula is C7H12N4O3S3. The number of rotatable bonds is 5. The average Bonchev–Trinajstić information content (AvgIpc) is 2.63. The molecule has 0 aliphatic carbocycles. The molecule has 1 N–H and O–H groups in total. The first-order valence-electron chi connectivity index (χ1n) is 4.42. The van der Waals surface area contributed by atoms with E-state index in [-0.39, 0.29) is 6.54 Å². The fourth-order valence-electron chi connectivity index (χ4n) is 0.822. The first-order chi connectivity index (χ1) is 7.82. The molecule has 0 unspecified atom stereocenters. The summed E-state index contributed by atoms with van der Waals surface area (Å²) in [6.07, 6.45) is 2.86. The summed E-state index contributed by atoms with van der Waals surface area (Å²) in [5.41, 5.74) is 0. The number of nitrogens with one attached hydrogen (secondary N) is 1. The number of sulfonamides is 1. The smallest absolute Gasteiger partial charge is 0.241 e. The number of aromatic nitrogens is 2. The van der Waals surface area contributed by atoms with Crippen LogP contribution in [0.5, 0.6) is 0 Å². The van der Waals surface area contributed by atoms with Crippen LogP contribution in [0, 0.1) is 0 Å². The van der Waals surface area contributed by atoms with Crippen LogP contribution in [0.3, 0.4) is 0 Å². The highest BCUT2D eigenvalue weighted by Gasteiger charge is 2.16. The third kappa shape index (κ3) is 4.58. The van der Waals surface area contributed by atoms with Gasteiger partial charge in [0.05, 0.1) is 12.8 Å². The summed E-state index contributed by atoms with van der Waals surface area (Å²) >= 11 is 2.42. The molecule has 1 rings (SSSR count). The van der Waals surface area contributed by atoms with E-state index in [1.807, 2.05) is 6.26 Å². The molecule has 17 heavy (non-hydrogen) atoms. The van der Waals surface area contributed by atoms with Crippen LogP contribution in [0.15, 0.2) is 5.16 Å². The van der Waals surface area contributed by atoms with Crippen LogP contribution in [0.1, 0.15) is 0 Å². The molecule has 0 aromatic carbocycles. The van der Waals surface area contributed by atoms with Crippen molar-refractivity contribution in [1.82, 2.24) is 13.7 Å². The number of nitrogens with zero attached hydrogens (tertiary/aromatic N) is 3. The van der Waals surface area contributed by atoms with Gasteiger partial charge in [-0.2, -0.15) is 13.7 Å². The van der Waals surface area contributed by atoms with E-state index in [4.69, 9.17) is 0 Å². The van der Waals surface area contributed by atoms with Crippen LogP contribution in [-0.4, -0.2) is 54.1 Å². The Hall–Kier alpha value is -0.710. The summed E-state index contributed by atoms with van der Waals surface area (Å²) in [5.74, 6) is -0.443. The van der Waals surface area contributed by atoms with Gasteiger partial charge in [-0.3, -0.25) is 10.1 Å². The lowest BCUT2D eigenvalue weighted by molar-refractivity contribution is -0.116. The Balaban J connectivity index is 2.56. The Morgan fingerprint density at radius 2 is 2.24 bits per heavy atom. The molecule has 0 spiro atoms. The van der Waals surface area contributed by atoms with E-state index in [9.17, 15) is 13.2 Å². The summed E-state index contributed by atoms with van der Waals surface area (Å²) in [6, 6.07) is 0. The lowest BCUT2D eigenvalue weighted by Crippen LogP contribution is -2.34. The van der Waals surface area contributed by atoms with Crippen molar-refractivity contribution in [2.24, 2.45) is 0 Å². The Morgan fingerprint density at radius 3 is 2.71 bits per heavy atom. The molecule has 0 saturated carbocycles. The number of thioether (sulfide) groups is 1. The molecule has 0 atom stereocenters. The third-order valence-electron chi connectivity index (χ3n) is 1.77. The van der Waals surface area contributed by atoms with E-state index < -0.39 is 15.9 Å². The monoisotopic (exact) mass is 296 g/mol. The molecule has 10 heteroatoms. The lowest BCUT2D eigenvalue weighted by atomic mass is 10.6. The molecule has 0 bridgehead atoms. The number of hydrogen-bond donors (Lipinski definition) is 1. The van der Waals surface area contributed by atoms with Gasteiger partial charge in [0.1, 0.15) is 0 Å². The van der Waals surface area contributed by atoms with Crippen LogP contribution in [0.2, 0.25) is 0 Å². The van der Waals surface area contributed by atoms with Crippen LogP contribution in [-0.2, 0) is 14.8 Å². The third-order valence-corrected chi connectivity index (χ3v) is 4.32. The Labute approximate surface area is 108 Å². The molecule has 1 aromatic heterocycles. The Bertz CT molecular complexity index is 498. The summed E-state index contributed by atoms with van der Waals surface area (Å²) in [4.78, 5) is 15.5. The van der Waals surface area contributed by atoms with Crippen molar-refractivity contribution in [2.45, 2.75) is 5.16 Å². The number of likely N-dealkylation sites (N-methyl/N-ethyl adjacent to an activating group) is 1. The molecule has 0 aliphatic rings. The van der Waals surface area contributed by atoms with Gasteiger partial charge in [0.2, 0.25) is 26.2 Å². The number of hydrogen-bond acceptors (Lipinski definition) is 7. The number of anilines is 1. The summed E-state index contributed by atoms with van der Waals surface area (Å²) < 4.78 is 27.1. The van der Waals surface area contributed by atoms with Crippen molar-refractivity contribution in [1.29, 1.82) is 0 Å². The number of carbonyl (C=O) groups excluding carboxylic acids is 1. The minimum Gasteiger partial charge on any atom is -0.300 e. The first-order valence-corrected chi connectivity index (χ1v) is 8.26. The molecule has 96 valence electrons. The van der Waals surface area contributed by atoms with Gasteiger partial charge in [0.25, 0.3) is 0 Å². The van der Waals surface area contributed by atoms with E-state index in [0.717, 1.165) is 22.1 Å². The van der Waals surface area contributed by atoms with Gasteiger partial charge in [0.15, 0.2) is 0 Å². The second-order valence-corrected chi connectivity index (χ2v) is 6.77. The van der Waals surface area contributed by atoms with Crippen LogP contribution >= 0.6 is 23.3 Å². The van der Waals surface area contributed by atoms with Crippen molar-refractivity contribution in [3.05, 3.63) is 0 Å². The normalized spacial score (nSPS) is 11.8. The Morgan fingerprint density at radius 1 is 1.59 bits per heavy atom. The maximum Gasteiger partial charge on any atom is 0.241 e. The predicted molar refractivity (Wildman–Crippen MR) is 67.8 cm³/mol. The topological polar surface area (TPSA) is 92.3 Å². The van der Waals surface area contributed by atoms with Gasteiger partial charge in [-0.1, -0.05) is 11.8 Å². The van der Waals surface area contributed by atoms with E-state index in [1.165, 1.54) is 18.8 Å². The molecule has 0 aliphatic heterocycles. The largest absolute Gasteiger partial charge is 0.300 e. The molecule has 1 amide bonds. The zero-order valence-corrected chi connectivity index (χ0v) is 11.9. The summed E-state index contributed by atoms with van der Waals surface area (Å²) in [6.45, 7) is -0.243. The Kier molecular flexibility index (Phi) is 4.86. The standard InChI is InChI=1S/C7H12N4O3S3/c1-11(17(3,13)14)4-5(12)8-6-9-7(15-2)10-16-6/h4H2,1-3H3,(H,8,9,10,12). The molecule has 1 aromatic rings. The van der Waals surface area contributed by atoms with E-state index in [2.05, 4.69) is 14.7 Å². The van der Waals surface area contributed by atoms with Crippen molar-refractivity contribution in [3.8, 4) is 0 Å². The van der Waals surface area contributed by atoms with Crippen LogP contribution in [0.4, 0.5) is 5.13 Å². The first kappa shape index (κ1) is 14.4. The van der Waals surface area contributed by atoms with Gasteiger partial charge in [-0.25, -0.2) is 8.42 Å². The van der Waals surface area contributed by atoms with E-state index in [0.29, 0.717) is 10.3 Å². The lowest BCUT2D eigenvalue weighted by Gasteiger charge is -2.12. The maximum atomic E-state index is 11.5. The number of carbonyl (C=O) groups is 1. The van der Waals surface area contributed by atoms with Gasteiger partial charge in [-0.05, 0) is 6.26 Å². The van der Waals surface area contributed by atoms with E-state index in [1.54, 1.807) is 0 Å². The summed E-state index contributed by atoms with van der Waals surface area (Å²) in [7, 11) is -2.02. The van der Waals surface area contributed by atoms with Gasteiger partial charge in [0, 0.05) is 18.6 Å². The van der Waals surface area contributed by atoms with Crippen molar-refractivity contribution >= 4 is 44.4 Å². The van der Waals surface area contributed by atoms with Crippen LogP contribution in [0.25, 0.3) is 0 Å². The van der Waals surface area contributed by atoms with Crippen molar-refractivity contribution in [3.63, 3.8) is 0 Å². The zero-order valence-electron chi connectivity index (χ0n) is 9.50. The molecular weight excluding hydrogens is 284 g/mol. The van der Waals surface area contributed by atoms with Crippen molar-refractivity contribution < 1.29 is 13.2 Å². The van der Waals surface area contributed by atoms with E-state index >= 15 is 0 Å². The van der Waals surface area contributed by atoms with Crippen molar-refractivity contribution in [2.75, 3.05) is 31.4 Å². The second-order valence-electron chi connectivity index (χ2n) is 3.15. The van der Waals surface area contributed by atoms with Gasteiger partial charge < -0.3 is 0 Å². The molecule has 7 nitrogen and oxygen atoms in total. The zero-order chi connectivity index (χ0) is 13.1. The molecule has 0 radical (unpaired) electrons. The maximum absolute atomic E-state index is 11.5. The molecule has 0 saturated heterocycles. The minimum absolute atomic E-state index is 0.243. The molecule has 1 heterocycles. The highest BCUT2D eigenvalue weighted by molar-refractivity contribution is 7.98. The molecule has 0 fully saturated rings.